The van der Waals surface area contributed by atoms with Gasteiger partial charge in [0.05, 0.1) is 23.9 Å². The van der Waals surface area contributed by atoms with Gasteiger partial charge < -0.3 is 4.90 Å². The highest BCUT2D eigenvalue weighted by Gasteiger charge is 2.20. The van der Waals surface area contributed by atoms with Crippen LogP contribution in [0, 0.1) is 6.92 Å². The third-order valence-electron chi connectivity index (χ3n) is 3.32. The first-order valence-electron chi connectivity index (χ1n) is 6.82. The Morgan fingerprint density at radius 1 is 1.27 bits per heavy atom. The Hall–Kier alpha value is -2.54. The number of thiazole rings is 1. The smallest absolute Gasteiger partial charge is 0.276 e. The molecule has 0 aliphatic heterocycles. The van der Waals surface area contributed by atoms with E-state index in [1.807, 2.05) is 37.3 Å². The predicted molar refractivity (Wildman–Crippen MR) is 83.3 cm³/mol. The van der Waals surface area contributed by atoms with Gasteiger partial charge >= 0.3 is 0 Å². The van der Waals surface area contributed by atoms with Crippen molar-refractivity contribution in [3.05, 3.63) is 63.9 Å². The fourth-order valence-corrected chi connectivity index (χ4v) is 2.91. The summed E-state index contributed by atoms with van der Waals surface area (Å²) in [5.41, 5.74) is 4.14. The first-order chi connectivity index (χ1) is 10.7. The number of aromatic amines is 1. The number of nitrogens with zero attached hydrogens (tertiary/aromatic N) is 4. The number of hydrogen-bond donors (Lipinski definition) is 1. The summed E-state index contributed by atoms with van der Waals surface area (Å²) in [5.74, 6) is -0.148. The van der Waals surface area contributed by atoms with Crippen LogP contribution < -0.4 is 0 Å². The van der Waals surface area contributed by atoms with E-state index >= 15 is 0 Å². The van der Waals surface area contributed by atoms with E-state index in [9.17, 15) is 4.79 Å². The van der Waals surface area contributed by atoms with Crippen LogP contribution in [-0.4, -0.2) is 31.2 Å². The Morgan fingerprint density at radius 2 is 2.09 bits per heavy atom. The molecule has 1 aromatic carbocycles. The summed E-state index contributed by atoms with van der Waals surface area (Å²) < 4.78 is 0. The molecule has 0 bridgehead atoms. The standard InChI is InChI=1S/C15H15N5OS/c1-11-14(22-10-16-11)9-20(8-12-5-3-2-4-6-12)15(21)13-7-17-19-18-13/h2-7,10H,8-9H2,1H3,(H,17,18,19). The fraction of sp³-hybridized carbons (Fsp3) is 0.200. The Labute approximate surface area is 131 Å². The van der Waals surface area contributed by atoms with E-state index in [4.69, 9.17) is 0 Å². The molecule has 0 spiro atoms. The minimum absolute atomic E-state index is 0.148. The molecule has 3 aromatic rings. The Bertz CT molecular complexity index is 738. The second-order valence-electron chi connectivity index (χ2n) is 4.86. The number of aryl methyl sites for hydroxylation is 1. The monoisotopic (exact) mass is 313 g/mol. The lowest BCUT2D eigenvalue weighted by Gasteiger charge is -2.21. The maximum Gasteiger partial charge on any atom is 0.276 e. The number of amides is 1. The van der Waals surface area contributed by atoms with Crippen molar-refractivity contribution in [2.75, 3.05) is 0 Å². The van der Waals surface area contributed by atoms with Crippen molar-refractivity contribution >= 4 is 17.2 Å². The minimum Gasteiger partial charge on any atom is -0.328 e. The molecule has 1 amide bonds. The molecule has 0 radical (unpaired) electrons. The average molecular weight is 313 g/mol. The molecule has 0 saturated carbocycles. The molecule has 0 aliphatic carbocycles. The summed E-state index contributed by atoms with van der Waals surface area (Å²) in [6.45, 7) is 2.98. The third kappa shape index (κ3) is 3.20. The maximum atomic E-state index is 12.6. The number of carbonyl (C=O) groups is 1. The van der Waals surface area contributed by atoms with Gasteiger partial charge in [0.15, 0.2) is 5.69 Å². The summed E-state index contributed by atoms with van der Waals surface area (Å²) in [4.78, 5) is 19.7. The maximum absolute atomic E-state index is 12.6. The van der Waals surface area contributed by atoms with E-state index in [0.717, 1.165) is 16.1 Å². The Kier molecular flexibility index (Phi) is 4.24. The number of carbonyl (C=O) groups excluding carboxylic acids is 1. The molecule has 1 N–H and O–H groups in total. The minimum atomic E-state index is -0.148. The third-order valence-corrected chi connectivity index (χ3v) is 4.24. The van der Waals surface area contributed by atoms with E-state index < -0.39 is 0 Å². The summed E-state index contributed by atoms with van der Waals surface area (Å²) in [7, 11) is 0. The highest BCUT2D eigenvalue weighted by molar-refractivity contribution is 7.09. The van der Waals surface area contributed by atoms with Crippen LogP contribution >= 0.6 is 11.3 Å². The van der Waals surface area contributed by atoms with Gasteiger partial charge in [0.1, 0.15) is 0 Å². The molecule has 112 valence electrons. The molecule has 0 saturated heterocycles. The summed E-state index contributed by atoms with van der Waals surface area (Å²) in [5, 5.41) is 10.1. The van der Waals surface area contributed by atoms with E-state index in [2.05, 4.69) is 20.4 Å². The van der Waals surface area contributed by atoms with Gasteiger partial charge in [-0.3, -0.25) is 4.79 Å². The van der Waals surface area contributed by atoms with Gasteiger partial charge in [-0.05, 0) is 12.5 Å². The number of aromatic nitrogens is 4. The first-order valence-corrected chi connectivity index (χ1v) is 7.70. The van der Waals surface area contributed by atoms with Gasteiger partial charge in [-0.2, -0.15) is 15.4 Å². The van der Waals surface area contributed by atoms with Crippen LogP contribution in [0.25, 0.3) is 0 Å². The zero-order valence-corrected chi connectivity index (χ0v) is 12.9. The normalized spacial score (nSPS) is 10.6. The SMILES string of the molecule is Cc1ncsc1CN(Cc1ccccc1)C(=O)c1cn[nH]n1. The van der Waals surface area contributed by atoms with E-state index in [0.29, 0.717) is 18.8 Å². The molecule has 3 rings (SSSR count). The lowest BCUT2D eigenvalue weighted by molar-refractivity contribution is 0.0725. The summed E-state index contributed by atoms with van der Waals surface area (Å²) in [6.07, 6.45) is 1.44. The molecule has 0 unspecified atom stereocenters. The van der Waals surface area contributed by atoms with Crippen molar-refractivity contribution in [2.24, 2.45) is 0 Å². The quantitative estimate of drug-likeness (QED) is 0.785. The van der Waals surface area contributed by atoms with Gasteiger partial charge in [-0.1, -0.05) is 30.3 Å². The largest absolute Gasteiger partial charge is 0.328 e. The molecule has 6 nitrogen and oxygen atoms in total. The van der Waals surface area contributed by atoms with Crippen LogP contribution in [-0.2, 0) is 13.1 Å². The van der Waals surface area contributed by atoms with Crippen LogP contribution in [0.5, 0.6) is 0 Å². The van der Waals surface area contributed by atoms with Crippen molar-refractivity contribution in [3.8, 4) is 0 Å². The molecule has 0 fully saturated rings. The van der Waals surface area contributed by atoms with Gasteiger partial charge in [0.2, 0.25) is 0 Å². The van der Waals surface area contributed by atoms with Crippen LogP contribution in [0.1, 0.15) is 26.6 Å². The van der Waals surface area contributed by atoms with Gasteiger partial charge in [0.25, 0.3) is 5.91 Å². The summed E-state index contributed by atoms with van der Waals surface area (Å²) >= 11 is 1.55. The average Bonchev–Trinajstić information content (AvgIpc) is 3.19. The zero-order valence-electron chi connectivity index (χ0n) is 12.1. The van der Waals surface area contributed by atoms with E-state index in [1.54, 1.807) is 21.7 Å². The van der Waals surface area contributed by atoms with Crippen LogP contribution in [0.3, 0.4) is 0 Å². The second-order valence-corrected chi connectivity index (χ2v) is 5.80. The highest BCUT2D eigenvalue weighted by atomic mass is 32.1. The van der Waals surface area contributed by atoms with Crippen molar-refractivity contribution in [1.82, 2.24) is 25.3 Å². The molecule has 2 heterocycles. The number of H-pyrrole nitrogens is 1. The molecular formula is C15H15N5OS. The lowest BCUT2D eigenvalue weighted by Crippen LogP contribution is -2.30. The van der Waals surface area contributed by atoms with Crippen molar-refractivity contribution in [1.29, 1.82) is 0 Å². The van der Waals surface area contributed by atoms with Crippen molar-refractivity contribution in [2.45, 2.75) is 20.0 Å². The molecular weight excluding hydrogens is 298 g/mol. The molecule has 7 heteroatoms. The molecule has 22 heavy (non-hydrogen) atoms. The van der Waals surface area contributed by atoms with Crippen molar-refractivity contribution in [3.63, 3.8) is 0 Å². The van der Waals surface area contributed by atoms with E-state index in [1.165, 1.54) is 6.20 Å². The zero-order chi connectivity index (χ0) is 15.4. The Balaban J connectivity index is 1.85. The topological polar surface area (TPSA) is 74.8 Å². The van der Waals surface area contributed by atoms with Crippen LogP contribution in [0.15, 0.2) is 42.0 Å². The number of rotatable bonds is 5. The van der Waals surface area contributed by atoms with E-state index in [-0.39, 0.29) is 5.91 Å². The fourth-order valence-electron chi connectivity index (χ4n) is 2.12. The van der Waals surface area contributed by atoms with Gasteiger partial charge in [0, 0.05) is 11.4 Å². The number of hydrogen-bond acceptors (Lipinski definition) is 5. The van der Waals surface area contributed by atoms with Gasteiger partial charge in [-0.25, -0.2) is 4.98 Å². The highest BCUT2D eigenvalue weighted by Crippen LogP contribution is 2.18. The summed E-state index contributed by atoms with van der Waals surface area (Å²) in [6, 6.07) is 9.89. The number of nitrogens with one attached hydrogen (secondary N) is 1. The molecule has 0 atom stereocenters. The lowest BCUT2D eigenvalue weighted by atomic mass is 10.2. The molecule has 2 aromatic heterocycles. The second kappa shape index (κ2) is 6.48. The number of benzene rings is 1. The van der Waals surface area contributed by atoms with Crippen LogP contribution in [0.4, 0.5) is 0 Å². The molecule has 0 aliphatic rings. The van der Waals surface area contributed by atoms with Gasteiger partial charge in [-0.15, -0.1) is 11.3 Å². The Morgan fingerprint density at radius 3 is 2.73 bits per heavy atom. The van der Waals surface area contributed by atoms with Crippen molar-refractivity contribution < 1.29 is 4.79 Å². The predicted octanol–water partition coefficient (Wildman–Crippen LogP) is 2.41. The van der Waals surface area contributed by atoms with Crippen LogP contribution in [0.2, 0.25) is 0 Å². The first kappa shape index (κ1) is 14.4.